The molecule has 0 aliphatic carbocycles. The molecule has 0 aliphatic rings. The Morgan fingerprint density at radius 2 is 1.68 bits per heavy atom. The van der Waals surface area contributed by atoms with Gasteiger partial charge in [-0.25, -0.2) is 0 Å². The van der Waals surface area contributed by atoms with E-state index < -0.39 is 0 Å². The highest BCUT2D eigenvalue weighted by molar-refractivity contribution is 7.96. The van der Waals surface area contributed by atoms with Gasteiger partial charge in [-0.15, -0.1) is 25.3 Å². The van der Waals surface area contributed by atoms with E-state index in [1.54, 1.807) is 7.11 Å². The van der Waals surface area contributed by atoms with E-state index in [1.807, 2.05) is 36.4 Å². The summed E-state index contributed by atoms with van der Waals surface area (Å²) in [6, 6.07) is 16.3. The number of rotatable bonds is 9. The molecule has 0 saturated heterocycles. The Bertz CT molecular complexity index is 796. The number of hydrogen-bond acceptors (Lipinski definition) is 4. The highest BCUT2D eigenvalue weighted by Gasteiger charge is 2.25. The van der Waals surface area contributed by atoms with Crippen LogP contribution >= 0.6 is 25.3 Å². The van der Waals surface area contributed by atoms with Crippen molar-refractivity contribution in [3.8, 4) is 5.75 Å². The van der Waals surface area contributed by atoms with Crippen LogP contribution in [0.5, 0.6) is 5.75 Å². The molecule has 0 heterocycles. The third-order valence-electron chi connectivity index (χ3n) is 4.72. The van der Waals surface area contributed by atoms with Gasteiger partial charge in [0.1, 0.15) is 5.75 Å². The second-order valence-electron chi connectivity index (χ2n) is 8.12. The Balaban J connectivity index is 2.50. The average molecular weight is 417 g/mol. The number of methoxy groups -OCH3 is 1. The zero-order valence-electron chi connectivity index (χ0n) is 17.5. The first-order chi connectivity index (χ1) is 13.3. The van der Waals surface area contributed by atoms with Crippen molar-refractivity contribution in [2.75, 3.05) is 20.3 Å². The molecule has 2 rings (SSSR count). The largest absolute Gasteiger partial charge is 0.494 e. The summed E-state index contributed by atoms with van der Waals surface area (Å²) in [7, 11) is 1.73. The van der Waals surface area contributed by atoms with E-state index in [0.717, 1.165) is 38.7 Å². The molecule has 0 spiro atoms. The first kappa shape index (κ1) is 22.9. The molecule has 0 aromatic heterocycles. The summed E-state index contributed by atoms with van der Waals surface area (Å²) in [6.07, 6.45) is 1.03. The Hall–Kier alpha value is -1.36. The van der Waals surface area contributed by atoms with Gasteiger partial charge >= 0.3 is 0 Å². The van der Waals surface area contributed by atoms with Crippen LogP contribution in [0.4, 0.5) is 0 Å². The van der Waals surface area contributed by atoms with Crippen molar-refractivity contribution in [2.24, 2.45) is 5.92 Å². The molecule has 2 aromatic carbocycles. The van der Waals surface area contributed by atoms with Crippen LogP contribution in [0, 0.1) is 5.92 Å². The summed E-state index contributed by atoms with van der Waals surface area (Å²) in [5.41, 5.74) is 3.07. The van der Waals surface area contributed by atoms with Crippen molar-refractivity contribution in [1.29, 1.82) is 0 Å². The van der Waals surface area contributed by atoms with Gasteiger partial charge in [-0.3, -0.25) is 0 Å². The van der Waals surface area contributed by atoms with Crippen LogP contribution < -0.4 is 4.74 Å². The van der Waals surface area contributed by atoms with Crippen molar-refractivity contribution < 1.29 is 9.47 Å². The maximum atomic E-state index is 6.01. The Kier molecular flexibility index (Phi) is 8.54. The predicted molar refractivity (Wildman–Crippen MR) is 128 cm³/mol. The summed E-state index contributed by atoms with van der Waals surface area (Å²) in [6.45, 7) is 10.1. The molecule has 0 saturated carbocycles. The van der Waals surface area contributed by atoms with Crippen molar-refractivity contribution >= 4 is 35.1 Å². The van der Waals surface area contributed by atoms with E-state index in [9.17, 15) is 0 Å². The number of thiol groups is 2. The van der Waals surface area contributed by atoms with E-state index >= 15 is 0 Å². The number of ether oxygens (including phenoxy) is 2. The maximum absolute atomic E-state index is 6.01. The monoisotopic (exact) mass is 416 g/mol. The lowest BCUT2D eigenvalue weighted by Gasteiger charge is -2.28. The molecule has 152 valence electrons. The van der Waals surface area contributed by atoms with E-state index in [0.29, 0.717) is 19.1 Å². The van der Waals surface area contributed by atoms with E-state index in [2.05, 4.69) is 39.8 Å². The zero-order chi connectivity index (χ0) is 20.7. The van der Waals surface area contributed by atoms with Gasteiger partial charge in [0.15, 0.2) is 0 Å². The lowest BCUT2D eigenvalue weighted by atomic mass is 9.82. The Morgan fingerprint density at radius 3 is 2.29 bits per heavy atom. The molecule has 0 unspecified atom stereocenters. The molecule has 0 fully saturated rings. The van der Waals surface area contributed by atoms with Crippen molar-refractivity contribution in [1.82, 2.24) is 0 Å². The lowest BCUT2D eigenvalue weighted by Crippen LogP contribution is -2.25. The predicted octanol–water partition coefficient (Wildman–Crippen LogP) is 6.72. The number of benzene rings is 2. The fraction of sp³-hybridized carbons (Fsp3) is 0.417. The van der Waals surface area contributed by atoms with Gasteiger partial charge in [-0.1, -0.05) is 64.1 Å². The third kappa shape index (κ3) is 6.07. The summed E-state index contributed by atoms with van der Waals surface area (Å²) < 4.78 is 11.5. The van der Waals surface area contributed by atoms with Crippen LogP contribution in [-0.2, 0) is 10.2 Å². The van der Waals surface area contributed by atoms with Gasteiger partial charge in [0.05, 0.1) is 13.2 Å². The topological polar surface area (TPSA) is 18.5 Å². The molecule has 4 heteroatoms. The lowest BCUT2D eigenvalue weighted by molar-refractivity contribution is 0.146. The molecule has 0 radical (unpaired) electrons. The molecular weight excluding hydrogens is 384 g/mol. The first-order valence-electron chi connectivity index (χ1n) is 9.70. The molecule has 0 aliphatic heterocycles. The second-order valence-corrected chi connectivity index (χ2v) is 9.01. The Morgan fingerprint density at radius 1 is 1.00 bits per heavy atom. The fourth-order valence-corrected chi connectivity index (χ4v) is 3.69. The highest BCUT2D eigenvalue weighted by Crippen LogP contribution is 2.39. The van der Waals surface area contributed by atoms with Crippen LogP contribution in [0.1, 0.15) is 50.8 Å². The van der Waals surface area contributed by atoms with Gasteiger partial charge in [0.25, 0.3) is 0 Å². The van der Waals surface area contributed by atoms with Gasteiger partial charge in [-0.05, 0) is 41.2 Å². The van der Waals surface area contributed by atoms with Crippen LogP contribution in [0.3, 0.4) is 0 Å². The minimum atomic E-state index is -0.167. The minimum absolute atomic E-state index is 0.167. The van der Waals surface area contributed by atoms with Gasteiger partial charge in [0, 0.05) is 22.3 Å². The average Bonchev–Trinajstić information content (AvgIpc) is 2.67. The SMILES string of the molecule is COCC(C)(C)c1ccc(OCCC(C)C)cc1C(S)=C(S)c1ccccc1. The normalized spacial score (nSPS) is 12.9. The fourth-order valence-electron chi connectivity index (χ4n) is 3.11. The highest BCUT2D eigenvalue weighted by atomic mass is 32.1. The van der Waals surface area contributed by atoms with Gasteiger partial charge in [0.2, 0.25) is 0 Å². The van der Waals surface area contributed by atoms with Crippen LogP contribution in [0.2, 0.25) is 0 Å². The molecular formula is C24H32O2S2. The maximum Gasteiger partial charge on any atom is 0.119 e. The summed E-state index contributed by atoms with van der Waals surface area (Å²) in [5.74, 6) is 1.47. The molecule has 0 N–H and O–H groups in total. The van der Waals surface area contributed by atoms with E-state index in [1.165, 1.54) is 0 Å². The third-order valence-corrected chi connectivity index (χ3v) is 5.84. The van der Waals surface area contributed by atoms with Crippen molar-refractivity contribution in [3.05, 3.63) is 65.2 Å². The molecule has 2 aromatic rings. The smallest absolute Gasteiger partial charge is 0.119 e. The minimum Gasteiger partial charge on any atom is -0.494 e. The van der Waals surface area contributed by atoms with Crippen LogP contribution in [0.15, 0.2) is 48.5 Å². The molecule has 2 nitrogen and oxygen atoms in total. The Labute approximate surface area is 181 Å². The second kappa shape index (κ2) is 10.4. The molecule has 28 heavy (non-hydrogen) atoms. The van der Waals surface area contributed by atoms with Gasteiger partial charge < -0.3 is 9.47 Å². The standard InChI is InChI=1S/C24H32O2S2/c1-17(2)13-14-26-19-11-12-21(24(3,4)16-25-5)20(15-19)23(28)22(27)18-9-7-6-8-10-18/h6-12,15,17,27-28H,13-14,16H2,1-5H3. The van der Waals surface area contributed by atoms with Gasteiger partial charge in [-0.2, -0.15) is 0 Å². The summed E-state index contributed by atoms with van der Waals surface area (Å²) in [4.78, 5) is 1.68. The summed E-state index contributed by atoms with van der Waals surface area (Å²) >= 11 is 9.66. The first-order valence-corrected chi connectivity index (χ1v) is 10.6. The van der Waals surface area contributed by atoms with Crippen molar-refractivity contribution in [3.63, 3.8) is 0 Å². The zero-order valence-corrected chi connectivity index (χ0v) is 19.3. The van der Waals surface area contributed by atoms with E-state index in [4.69, 9.17) is 34.7 Å². The molecule has 0 atom stereocenters. The van der Waals surface area contributed by atoms with Crippen LogP contribution in [-0.4, -0.2) is 20.3 Å². The molecule has 0 amide bonds. The quantitative estimate of drug-likeness (QED) is 0.349. The number of hydrogen-bond donors (Lipinski definition) is 2. The van der Waals surface area contributed by atoms with Crippen LogP contribution in [0.25, 0.3) is 9.81 Å². The van der Waals surface area contributed by atoms with Crippen molar-refractivity contribution in [2.45, 2.75) is 39.5 Å². The molecule has 0 bridgehead atoms. The van der Waals surface area contributed by atoms with E-state index in [-0.39, 0.29) is 5.41 Å². The summed E-state index contributed by atoms with van der Waals surface area (Å²) in [5, 5.41) is 0.